The number of rotatable bonds is 5. The van der Waals surface area contributed by atoms with E-state index in [1.165, 1.54) is 31.2 Å². The second-order valence-corrected chi connectivity index (χ2v) is 7.99. The number of likely N-dealkylation sites (tertiary alicyclic amines) is 1. The highest BCUT2D eigenvalue weighted by Crippen LogP contribution is 2.33. The SMILES string of the molecule is Cc1ccc(-c2noc(CC3CCN(C)CC3)n2)c(OC2CCCC2)c1. The van der Waals surface area contributed by atoms with Gasteiger partial charge in [-0.3, -0.25) is 0 Å². The molecule has 2 aliphatic rings. The van der Waals surface area contributed by atoms with E-state index in [4.69, 9.17) is 9.26 Å². The van der Waals surface area contributed by atoms with Crippen molar-refractivity contribution in [3.63, 3.8) is 0 Å². The minimum atomic E-state index is 0.321. The Morgan fingerprint density at radius 3 is 2.69 bits per heavy atom. The van der Waals surface area contributed by atoms with E-state index in [1.807, 2.05) is 0 Å². The van der Waals surface area contributed by atoms with Gasteiger partial charge in [0, 0.05) is 6.42 Å². The van der Waals surface area contributed by atoms with E-state index in [-0.39, 0.29) is 0 Å². The number of ether oxygens (including phenoxy) is 1. The van der Waals surface area contributed by atoms with Crippen molar-refractivity contribution in [3.05, 3.63) is 29.7 Å². The van der Waals surface area contributed by atoms with Crippen molar-refractivity contribution in [1.82, 2.24) is 15.0 Å². The Hall–Kier alpha value is -1.88. The number of hydrogen-bond acceptors (Lipinski definition) is 5. The molecule has 0 bridgehead atoms. The minimum absolute atomic E-state index is 0.321. The summed E-state index contributed by atoms with van der Waals surface area (Å²) in [6, 6.07) is 6.24. The molecule has 0 radical (unpaired) electrons. The molecule has 0 amide bonds. The Morgan fingerprint density at radius 1 is 1.15 bits per heavy atom. The number of hydrogen-bond donors (Lipinski definition) is 0. The lowest BCUT2D eigenvalue weighted by Gasteiger charge is -2.27. The lowest BCUT2D eigenvalue weighted by molar-refractivity contribution is 0.208. The molecule has 0 N–H and O–H groups in total. The molecule has 0 unspecified atom stereocenters. The molecule has 1 aromatic carbocycles. The molecule has 2 fully saturated rings. The summed E-state index contributed by atoms with van der Waals surface area (Å²) in [4.78, 5) is 7.07. The van der Waals surface area contributed by atoms with Crippen LogP contribution in [0.25, 0.3) is 11.4 Å². The average Bonchev–Trinajstić information content (AvgIpc) is 3.29. The van der Waals surface area contributed by atoms with Crippen LogP contribution in [-0.4, -0.2) is 41.3 Å². The normalized spacial score (nSPS) is 19.9. The summed E-state index contributed by atoms with van der Waals surface area (Å²) >= 11 is 0. The van der Waals surface area contributed by atoms with E-state index in [1.54, 1.807) is 0 Å². The average molecular weight is 355 g/mol. The van der Waals surface area contributed by atoms with Crippen LogP contribution in [-0.2, 0) is 6.42 Å². The molecule has 1 aliphatic carbocycles. The van der Waals surface area contributed by atoms with Crippen LogP contribution in [0, 0.1) is 12.8 Å². The van der Waals surface area contributed by atoms with Gasteiger partial charge in [0.15, 0.2) is 0 Å². The zero-order valence-electron chi connectivity index (χ0n) is 15.9. The van der Waals surface area contributed by atoms with Gasteiger partial charge in [-0.15, -0.1) is 0 Å². The fraction of sp³-hybridized carbons (Fsp3) is 0.619. The number of benzene rings is 1. The summed E-state index contributed by atoms with van der Waals surface area (Å²) in [6.07, 6.45) is 8.40. The highest BCUT2D eigenvalue weighted by molar-refractivity contribution is 5.64. The van der Waals surface area contributed by atoms with Crippen LogP contribution >= 0.6 is 0 Å². The Kier molecular flexibility index (Phi) is 5.25. The third-order valence-electron chi connectivity index (χ3n) is 5.74. The molecular formula is C21H29N3O2. The van der Waals surface area contributed by atoms with Gasteiger partial charge in [-0.05, 0) is 89.2 Å². The van der Waals surface area contributed by atoms with Crippen LogP contribution in [0.3, 0.4) is 0 Å². The predicted molar refractivity (Wildman–Crippen MR) is 101 cm³/mol. The van der Waals surface area contributed by atoms with Gasteiger partial charge in [0.25, 0.3) is 0 Å². The first-order chi connectivity index (χ1) is 12.7. The molecule has 0 atom stereocenters. The van der Waals surface area contributed by atoms with Crippen LogP contribution in [0.15, 0.2) is 22.7 Å². The first-order valence-corrected chi connectivity index (χ1v) is 9.96. The highest BCUT2D eigenvalue weighted by atomic mass is 16.5. The van der Waals surface area contributed by atoms with Crippen molar-refractivity contribution in [2.45, 2.75) is 58.0 Å². The molecule has 2 heterocycles. The number of aromatic nitrogens is 2. The molecule has 140 valence electrons. The minimum Gasteiger partial charge on any atom is -0.490 e. The Bertz CT molecular complexity index is 729. The fourth-order valence-electron chi connectivity index (χ4n) is 4.06. The van der Waals surface area contributed by atoms with Crippen molar-refractivity contribution < 1.29 is 9.26 Å². The van der Waals surface area contributed by atoms with Crippen molar-refractivity contribution in [2.24, 2.45) is 5.92 Å². The standard InChI is InChI=1S/C21H29N3O2/c1-15-7-8-18(19(13-15)25-17-5-3-4-6-17)21-22-20(26-23-21)14-16-9-11-24(2)12-10-16/h7-8,13,16-17H,3-6,9-12,14H2,1-2H3. The highest BCUT2D eigenvalue weighted by Gasteiger charge is 2.22. The lowest BCUT2D eigenvalue weighted by atomic mass is 9.94. The molecule has 5 nitrogen and oxygen atoms in total. The van der Waals surface area contributed by atoms with E-state index >= 15 is 0 Å². The summed E-state index contributed by atoms with van der Waals surface area (Å²) in [5.41, 5.74) is 2.14. The van der Waals surface area contributed by atoms with E-state index in [0.717, 1.165) is 49.6 Å². The van der Waals surface area contributed by atoms with Crippen LogP contribution < -0.4 is 4.74 Å². The molecule has 26 heavy (non-hydrogen) atoms. The molecular weight excluding hydrogens is 326 g/mol. The summed E-state index contributed by atoms with van der Waals surface area (Å²) in [5, 5.41) is 4.26. The largest absolute Gasteiger partial charge is 0.490 e. The van der Waals surface area contributed by atoms with Crippen molar-refractivity contribution in [1.29, 1.82) is 0 Å². The van der Waals surface area contributed by atoms with Crippen LogP contribution in [0.1, 0.15) is 50.0 Å². The van der Waals surface area contributed by atoms with Gasteiger partial charge >= 0.3 is 0 Å². The molecule has 1 saturated carbocycles. The first kappa shape index (κ1) is 17.5. The van der Waals surface area contributed by atoms with Gasteiger partial charge in [0.1, 0.15) is 5.75 Å². The molecule has 1 saturated heterocycles. The quantitative estimate of drug-likeness (QED) is 0.802. The number of nitrogens with zero attached hydrogens (tertiary/aromatic N) is 3. The molecule has 1 aliphatic heterocycles. The summed E-state index contributed by atoms with van der Waals surface area (Å²) in [5.74, 6) is 2.94. The third kappa shape index (κ3) is 4.09. The number of aryl methyl sites for hydroxylation is 1. The monoisotopic (exact) mass is 355 g/mol. The molecule has 5 heteroatoms. The van der Waals surface area contributed by atoms with Crippen LogP contribution in [0.4, 0.5) is 0 Å². The zero-order chi connectivity index (χ0) is 17.9. The van der Waals surface area contributed by atoms with E-state index in [2.05, 4.69) is 47.2 Å². The van der Waals surface area contributed by atoms with Gasteiger partial charge in [-0.1, -0.05) is 11.2 Å². The van der Waals surface area contributed by atoms with Crippen molar-refractivity contribution >= 4 is 0 Å². The van der Waals surface area contributed by atoms with Gasteiger partial charge in [0.05, 0.1) is 11.7 Å². The van der Waals surface area contributed by atoms with E-state index in [0.29, 0.717) is 17.8 Å². The zero-order valence-corrected chi connectivity index (χ0v) is 15.9. The van der Waals surface area contributed by atoms with Crippen LogP contribution in [0.5, 0.6) is 5.75 Å². The molecule has 4 rings (SSSR count). The lowest BCUT2D eigenvalue weighted by Crippen LogP contribution is -2.30. The smallest absolute Gasteiger partial charge is 0.227 e. The maximum atomic E-state index is 6.29. The topological polar surface area (TPSA) is 51.4 Å². The second kappa shape index (κ2) is 7.78. The third-order valence-corrected chi connectivity index (χ3v) is 5.74. The van der Waals surface area contributed by atoms with Crippen LogP contribution in [0.2, 0.25) is 0 Å². The Balaban J connectivity index is 1.49. The maximum absolute atomic E-state index is 6.29. The second-order valence-electron chi connectivity index (χ2n) is 7.99. The number of piperidine rings is 1. The summed E-state index contributed by atoms with van der Waals surface area (Å²) in [7, 11) is 2.18. The molecule has 0 spiro atoms. The van der Waals surface area contributed by atoms with E-state index < -0.39 is 0 Å². The first-order valence-electron chi connectivity index (χ1n) is 9.96. The Morgan fingerprint density at radius 2 is 1.92 bits per heavy atom. The van der Waals surface area contributed by atoms with Gasteiger partial charge in [-0.2, -0.15) is 4.98 Å². The van der Waals surface area contributed by atoms with Crippen molar-refractivity contribution in [2.75, 3.05) is 20.1 Å². The van der Waals surface area contributed by atoms with Gasteiger partial charge in [-0.25, -0.2) is 0 Å². The van der Waals surface area contributed by atoms with E-state index in [9.17, 15) is 0 Å². The maximum Gasteiger partial charge on any atom is 0.227 e. The molecule has 2 aromatic rings. The Labute approximate surface area is 155 Å². The predicted octanol–water partition coefficient (Wildman–Crippen LogP) is 4.25. The van der Waals surface area contributed by atoms with Gasteiger partial charge in [0.2, 0.25) is 11.7 Å². The van der Waals surface area contributed by atoms with Gasteiger partial charge < -0.3 is 14.2 Å². The molecule has 1 aromatic heterocycles. The van der Waals surface area contributed by atoms with Crippen molar-refractivity contribution in [3.8, 4) is 17.1 Å². The summed E-state index contributed by atoms with van der Waals surface area (Å²) < 4.78 is 11.9. The summed E-state index contributed by atoms with van der Waals surface area (Å²) in [6.45, 7) is 4.40. The fourth-order valence-corrected chi connectivity index (χ4v) is 4.06.